The highest BCUT2D eigenvalue weighted by molar-refractivity contribution is 5.20. The second-order valence-electron chi connectivity index (χ2n) is 3.26. The highest BCUT2D eigenvalue weighted by Crippen LogP contribution is 2.23. The minimum Gasteiger partial charge on any atom is -0.490 e. The second-order valence-corrected chi connectivity index (χ2v) is 3.26. The van der Waals surface area contributed by atoms with E-state index in [1.54, 1.807) is 0 Å². The Kier molecular flexibility index (Phi) is 2.31. The van der Waals surface area contributed by atoms with Gasteiger partial charge in [-0.15, -0.1) is 0 Å². The fourth-order valence-corrected chi connectivity index (χ4v) is 1.65. The largest absolute Gasteiger partial charge is 0.490 e. The lowest BCUT2D eigenvalue weighted by Gasteiger charge is -2.11. The van der Waals surface area contributed by atoms with Gasteiger partial charge in [-0.25, -0.2) is 0 Å². The molecule has 1 aliphatic rings. The van der Waals surface area contributed by atoms with Crippen LogP contribution >= 0.6 is 0 Å². The molecule has 0 heterocycles. The molecule has 1 saturated carbocycles. The minimum atomic E-state index is 0.459. The Hall–Kier alpha value is -0.980. The van der Waals surface area contributed by atoms with Gasteiger partial charge in [-0.05, 0) is 43.9 Å². The molecule has 0 bridgehead atoms. The molecule has 1 heteroatoms. The van der Waals surface area contributed by atoms with E-state index in [9.17, 15) is 0 Å². The number of hydrogen-bond donors (Lipinski definition) is 0. The van der Waals surface area contributed by atoms with Gasteiger partial charge in [0, 0.05) is 0 Å². The summed E-state index contributed by atoms with van der Waals surface area (Å²) in [5.41, 5.74) is 0. The molecule has 1 radical (unpaired) electrons. The molecule has 0 atom stereocenters. The standard InChI is InChI=1S/C11H13O/c1-2-6-10(7-3-1)12-11-8-4-5-9-11/h1-2,6-7,11H,4-5,8-9H2. The first-order chi connectivity index (χ1) is 5.95. The number of hydrogen-bond acceptors (Lipinski definition) is 1. The van der Waals surface area contributed by atoms with Crippen molar-refractivity contribution in [2.45, 2.75) is 31.8 Å². The highest BCUT2D eigenvalue weighted by Gasteiger charge is 2.15. The third-order valence-corrected chi connectivity index (χ3v) is 2.28. The third-order valence-electron chi connectivity index (χ3n) is 2.28. The van der Waals surface area contributed by atoms with Gasteiger partial charge in [0.1, 0.15) is 5.75 Å². The molecule has 0 aliphatic heterocycles. The monoisotopic (exact) mass is 161 g/mol. The molecule has 0 aromatic heterocycles. The predicted molar refractivity (Wildman–Crippen MR) is 48.2 cm³/mol. The zero-order valence-electron chi connectivity index (χ0n) is 7.12. The summed E-state index contributed by atoms with van der Waals surface area (Å²) in [5, 5.41) is 0. The Morgan fingerprint density at radius 1 is 1.33 bits per heavy atom. The molecule has 0 unspecified atom stereocenters. The van der Waals surface area contributed by atoms with Gasteiger partial charge in [0.25, 0.3) is 0 Å². The molecule has 1 aromatic rings. The summed E-state index contributed by atoms with van der Waals surface area (Å²) in [7, 11) is 0. The summed E-state index contributed by atoms with van der Waals surface area (Å²) in [5.74, 6) is 0.962. The number of benzene rings is 1. The van der Waals surface area contributed by atoms with Crippen LogP contribution in [0.15, 0.2) is 24.3 Å². The summed E-state index contributed by atoms with van der Waals surface area (Å²) < 4.78 is 5.74. The SMILES string of the molecule is [c]1cccc(OC2CCCC2)c1. The summed E-state index contributed by atoms with van der Waals surface area (Å²) in [4.78, 5) is 0. The Morgan fingerprint density at radius 2 is 2.17 bits per heavy atom. The summed E-state index contributed by atoms with van der Waals surface area (Å²) in [6.45, 7) is 0. The Bertz CT molecular complexity index is 224. The van der Waals surface area contributed by atoms with Crippen LogP contribution in [0.3, 0.4) is 0 Å². The molecule has 1 aromatic carbocycles. The molecular weight excluding hydrogens is 148 g/mol. The van der Waals surface area contributed by atoms with Crippen LogP contribution in [-0.2, 0) is 0 Å². The van der Waals surface area contributed by atoms with E-state index in [1.807, 2.05) is 24.3 Å². The normalized spacial score (nSPS) is 18.0. The van der Waals surface area contributed by atoms with E-state index >= 15 is 0 Å². The number of rotatable bonds is 2. The van der Waals surface area contributed by atoms with Crippen molar-refractivity contribution in [3.05, 3.63) is 30.3 Å². The molecule has 0 N–H and O–H groups in total. The van der Waals surface area contributed by atoms with Crippen LogP contribution in [0.4, 0.5) is 0 Å². The van der Waals surface area contributed by atoms with Gasteiger partial charge in [0.15, 0.2) is 0 Å². The molecule has 1 nitrogen and oxygen atoms in total. The van der Waals surface area contributed by atoms with Gasteiger partial charge in [0.05, 0.1) is 6.10 Å². The smallest absolute Gasteiger partial charge is 0.120 e. The molecule has 1 fully saturated rings. The fraction of sp³-hybridized carbons (Fsp3) is 0.455. The van der Waals surface area contributed by atoms with E-state index in [0.717, 1.165) is 5.75 Å². The first-order valence-electron chi connectivity index (χ1n) is 4.58. The van der Waals surface area contributed by atoms with Crippen molar-refractivity contribution >= 4 is 0 Å². The van der Waals surface area contributed by atoms with Crippen molar-refractivity contribution < 1.29 is 4.74 Å². The van der Waals surface area contributed by atoms with E-state index in [0.29, 0.717) is 6.10 Å². The van der Waals surface area contributed by atoms with E-state index in [1.165, 1.54) is 25.7 Å². The van der Waals surface area contributed by atoms with Crippen LogP contribution in [-0.4, -0.2) is 6.10 Å². The highest BCUT2D eigenvalue weighted by atomic mass is 16.5. The van der Waals surface area contributed by atoms with Crippen LogP contribution in [0.2, 0.25) is 0 Å². The van der Waals surface area contributed by atoms with Crippen LogP contribution in [0.5, 0.6) is 5.75 Å². The van der Waals surface area contributed by atoms with Gasteiger partial charge in [-0.3, -0.25) is 0 Å². The third kappa shape index (κ3) is 1.79. The van der Waals surface area contributed by atoms with Gasteiger partial charge >= 0.3 is 0 Å². The Balaban J connectivity index is 1.94. The quantitative estimate of drug-likeness (QED) is 0.648. The Morgan fingerprint density at radius 3 is 2.83 bits per heavy atom. The van der Waals surface area contributed by atoms with Gasteiger partial charge in [0.2, 0.25) is 0 Å². The zero-order chi connectivity index (χ0) is 8.23. The average Bonchev–Trinajstić information content (AvgIpc) is 2.59. The fourth-order valence-electron chi connectivity index (χ4n) is 1.65. The molecule has 0 amide bonds. The summed E-state index contributed by atoms with van der Waals surface area (Å²) in [6, 6.07) is 10.8. The first-order valence-corrected chi connectivity index (χ1v) is 4.58. The van der Waals surface area contributed by atoms with E-state index < -0.39 is 0 Å². The summed E-state index contributed by atoms with van der Waals surface area (Å²) in [6.07, 6.45) is 5.53. The van der Waals surface area contributed by atoms with Crippen LogP contribution in [0.25, 0.3) is 0 Å². The first kappa shape index (κ1) is 7.66. The van der Waals surface area contributed by atoms with Crippen molar-refractivity contribution in [1.29, 1.82) is 0 Å². The molecule has 63 valence electrons. The van der Waals surface area contributed by atoms with Crippen LogP contribution in [0.1, 0.15) is 25.7 Å². The maximum Gasteiger partial charge on any atom is 0.120 e. The maximum atomic E-state index is 5.74. The van der Waals surface area contributed by atoms with E-state index in [2.05, 4.69) is 6.07 Å². The lowest BCUT2D eigenvalue weighted by Crippen LogP contribution is -2.10. The predicted octanol–water partition coefficient (Wildman–Crippen LogP) is 2.81. The van der Waals surface area contributed by atoms with Gasteiger partial charge in [-0.1, -0.05) is 12.1 Å². The van der Waals surface area contributed by atoms with Crippen molar-refractivity contribution in [2.75, 3.05) is 0 Å². The van der Waals surface area contributed by atoms with Crippen LogP contribution in [0, 0.1) is 6.07 Å². The molecule has 0 spiro atoms. The number of ether oxygens (including phenoxy) is 1. The lowest BCUT2D eigenvalue weighted by atomic mass is 10.3. The minimum absolute atomic E-state index is 0.459. The Labute approximate surface area is 73.4 Å². The van der Waals surface area contributed by atoms with Crippen LogP contribution < -0.4 is 4.74 Å². The molecular formula is C11H13O. The van der Waals surface area contributed by atoms with E-state index in [-0.39, 0.29) is 0 Å². The van der Waals surface area contributed by atoms with Crippen molar-refractivity contribution in [2.24, 2.45) is 0 Å². The second kappa shape index (κ2) is 3.61. The summed E-state index contributed by atoms with van der Waals surface area (Å²) >= 11 is 0. The molecule has 1 aliphatic carbocycles. The van der Waals surface area contributed by atoms with E-state index in [4.69, 9.17) is 4.74 Å². The van der Waals surface area contributed by atoms with Gasteiger partial charge in [-0.2, -0.15) is 0 Å². The topological polar surface area (TPSA) is 9.23 Å². The van der Waals surface area contributed by atoms with Crippen molar-refractivity contribution in [3.63, 3.8) is 0 Å². The maximum absolute atomic E-state index is 5.74. The van der Waals surface area contributed by atoms with Gasteiger partial charge < -0.3 is 4.74 Å². The van der Waals surface area contributed by atoms with Crippen molar-refractivity contribution in [1.82, 2.24) is 0 Å². The zero-order valence-corrected chi connectivity index (χ0v) is 7.12. The molecule has 12 heavy (non-hydrogen) atoms. The van der Waals surface area contributed by atoms with Crippen molar-refractivity contribution in [3.8, 4) is 5.75 Å². The lowest BCUT2D eigenvalue weighted by molar-refractivity contribution is 0.210. The molecule has 2 rings (SSSR count). The molecule has 0 saturated heterocycles. The average molecular weight is 161 g/mol.